The van der Waals surface area contributed by atoms with Crippen molar-refractivity contribution in [1.82, 2.24) is 0 Å². The molecule has 0 saturated carbocycles. The number of hydrogen-bond donors (Lipinski definition) is 2. The number of alkyl halides is 1. The largest absolute Gasteiger partial charge is 0.507 e. The van der Waals surface area contributed by atoms with E-state index in [1.807, 2.05) is 0 Å². The van der Waals surface area contributed by atoms with Gasteiger partial charge >= 0.3 is 0 Å². The number of halogens is 1. The highest BCUT2D eigenvalue weighted by Crippen LogP contribution is 2.43. The summed E-state index contributed by atoms with van der Waals surface area (Å²) in [6.07, 6.45) is 4.08. The average molecular weight is 466 g/mol. The van der Waals surface area contributed by atoms with Gasteiger partial charge in [-0.1, -0.05) is 59.7 Å². The van der Waals surface area contributed by atoms with Gasteiger partial charge in [0.25, 0.3) is 0 Å². The Labute approximate surface area is 165 Å². The van der Waals surface area contributed by atoms with Crippen LogP contribution in [0, 0.1) is 0 Å². The average Bonchev–Trinajstić information content (AvgIpc) is 2.65. The fourth-order valence-electron chi connectivity index (χ4n) is 3.08. The van der Waals surface area contributed by atoms with Crippen LogP contribution in [0.3, 0.4) is 0 Å². The van der Waals surface area contributed by atoms with Crippen LogP contribution in [0.15, 0.2) is 30.3 Å². The summed E-state index contributed by atoms with van der Waals surface area (Å²) in [6.45, 7) is 0.367. The lowest BCUT2D eigenvalue weighted by Gasteiger charge is -2.21. The third-order valence-corrected chi connectivity index (χ3v) is 5.16. The molecule has 5 nitrogen and oxygen atoms in total. The molecule has 1 aliphatic rings. The summed E-state index contributed by atoms with van der Waals surface area (Å²) >= 11 is 2.34. The summed E-state index contributed by atoms with van der Waals surface area (Å²) in [5.41, 5.74) is 0.0912. The Kier molecular flexibility index (Phi) is 5.80. The van der Waals surface area contributed by atoms with Crippen LogP contribution in [0.4, 0.5) is 0 Å². The van der Waals surface area contributed by atoms with Crippen LogP contribution in [0.5, 0.6) is 17.2 Å². The van der Waals surface area contributed by atoms with Gasteiger partial charge in [-0.2, -0.15) is 0 Å². The summed E-state index contributed by atoms with van der Waals surface area (Å²) in [6, 6.07) is 7.59. The topological polar surface area (TPSA) is 83.8 Å². The maximum absolute atomic E-state index is 12.7. The number of ether oxygens (including phenoxy) is 1. The van der Waals surface area contributed by atoms with E-state index in [9.17, 15) is 19.8 Å². The van der Waals surface area contributed by atoms with Crippen LogP contribution in [-0.2, 0) is 0 Å². The van der Waals surface area contributed by atoms with Crippen molar-refractivity contribution in [2.24, 2.45) is 0 Å². The Hall–Kier alpha value is -2.09. The first kappa shape index (κ1) is 18.7. The lowest BCUT2D eigenvalue weighted by Crippen LogP contribution is -2.21. The number of hydrogen-bond acceptors (Lipinski definition) is 5. The monoisotopic (exact) mass is 466 g/mol. The third kappa shape index (κ3) is 3.42. The molecule has 0 radical (unpaired) electrons. The van der Waals surface area contributed by atoms with Crippen molar-refractivity contribution >= 4 is 34.2 Å². The second kappa shape index (κ2) is 8.07. The van der Waals surface area contributed by atoms with Crippen molar-refractivity contribution in [3.8, 4) is 17.2 Å². The number of aromatic hydroxyl groups is 2. The van der Waals surface area contributed by atoms with Gasteiger partial charge in [-0.05, 0) is 17.3 Å². The van der Waals surface area contributed by atoms with E-state index in [-0.39, 0.29) is 33.8 Å². The van der Waals surface area contributed by atoms with Crippen LogP contribution in [0.25, 0.3) is 0 Å². The standard InChI is InChI=1S/C20H19IO5/c21-9-5-1-2-6-10-26-15-11-14(22)16-17(20(15)25)19(24)13-8-4-3-7-12(13)18(16)23/h3-4,7-8,11,22,25H,1-2,5-6,9-10H2. The van der Waals surface area contributed by atoms with E-state index in [1.54, 1.807) is 12.1 Å². The fraction of sp³-hybridized carbons (Fsp3) is 0.300. The van der Waals surface area contributed by atoms with Crippen molar-refractivity contribution in [3.63, 3.8) is 0 Å². The van der Waals surface area contributed by atoms with E-state index < -0.39 is 17.3 Å². The molecule has 0 atom stereocenters. The lowest BCUT2D eigenvalue weighted by atomic mass is 9.83. The summed E-state index contributed by atoms with van der Waals surface area (Å²) < 4.78 is 6.68. The van der Waals surface area contributed by atoms with Gasteiger partial charge in [-0.15, -0.1) is 0 Å². The normalized spacial score (nSPS) is 12.7. The molecule has 2 N–H and O–H groups in total. The molecule has 0 aromatic heterocycles. The Balaban J connectivity index is 1.87. The van der Waals surface area contributed by atoms with Crippen LogP contribution >= 0.6 is 22.6 Å². The van der Waals surface area contributed by atoms with E-state index >= 15 is 0 Å². The molecule has 2 aromatic carbocycles. The minimum Gasteiger partial charge on any atom is -0.507 e. The highest BCUT2D eigenvalue weighted by atomic mass is 127. The number of phenolic OH excluding ortho intramolecular Hbond substituents is 2. The Morgan fingerprint density at radius 3 is 2.15 bits per heavy atom. The zero-order chi connectivity index (χ0) is 18.7. The summed E-state index contributed by atoms with van der Waals surface area (Å²) in [5, 5.41) is 20.8. The molecule has 0 aliphatic heterocycles. The van der Waals surface area contributed by atoms with Crippen LogP contribution in [-0.4, -0.2) is 32.8 Å². The van der Waals surface area contributed by atoms with E-state index in [0.717, 1.165) is 30.1 Å². The van der Waals surface area contributed by atoms with Crippen LogP contribution < -0.4 is 4.74 Å². The van der Waals surface area contributed by atoms with E-state index in [1.165, 1.54) is 18.2 Å². The zero-order valence-corrected chi connectivity index (χ0v) is 16.3. The second-order valence-electron chi connectivity index (χ2n) is 6.15. The van der Waals surface area contributed by atoms with Gasteiger partial charge in [0.2, 0.25) is 0 Å². The molecule has 0 saturated heterocycles. The Bertz CT molecular complexity index is 860. The quantitative estimate of drug-likeness (QED) is 0.236. The van der Waals surface area contributed by atoms with Crippen LogP contribution in [0.1, 0.15) is 57.5 Å². The summed E-state index contributed by atoms with van der Waals surface area (Å²) in [4.78, 5) is 25.4. The third-order valence-electron chi connectivity index (χ3n) is 4.40. The number of carbonyl (C=O) groups is 2. The van der Waals surface area contributed by atoms with Crippen molar-refractivity contribution < 1.29 is 24.5 Å². The van der Waals surface area contributed by atoms with E-state index in [4.69, 9.17) is 4.74 Å². The van der Waals surface area contributed by atoms with Crippen molar-refractivity contribution in [1.29, 1.82) is 0 Å². The number of unbranched alkanes of at least 4 members (excludes halogenated alkanes) is 3. The SMILES string of the molecule is O=C1c2ccccc2C(=O)c2c(O)c(OCCCCCCI)cc(O)c21. The van der Waals surface area contributed by atoms with Gasteiger partial charge in [0.1, 0.15) is 5.75 Å². The lowest BCUT2D eigenvalue weighted by molar-refractivity contribution is 0.0973. The molecule has 2 aromatic rings. The molecule has 0 fully saturated rings. The van der Waals surface area contributed by atoms with Crippen molar-refractivity contribution in [3.05, 3.63) is 52.6 Å². The first-order valence-corrected chi connectivity index (χ1v) is 10.0. The maximum atomic E-state index is 12.7. The van der Waals surface area contributed by atoms with Crippen molar-refractivity contribution in [2.45, 2.75) is 25.7 Å². The van der Waals surface area contributed by atoms with E-state index in [2.05, 4.69) is 22.6 Å². The first-order valence-electron chi connectivity index (χ1n) is 8.52. The minimum atomic E-state index is -0.490. The zero-order valence-electron chi connectivity index (χ0n) is 14.1. The number of phenols is 2. The smallest absolute Gasteiger partial charge is 0.198 e. The molecule has 0 bridgehead atoms. The van der Waals surface area contributed by atoms with Gasteiger partial charge < -0.3 is 14.9 Å². The molecular formula is C20H19IO5. The van der Waals surface area contributed by atoms with Gasteiger partial charge in [-0.25, -0.2) is 0 Å². The molecule has 0 amide bonds. The second-order valence-corrected chi connectivity index (χ2v) is 7.23. The predicted molar refractivity (Wildman–Crippen MR) is 106 cm³/mol. The van der Waals surface area contributed by atoms with Gasteiger partial charge in [0, 0.05) is 17.2 Å². The maximum Gasteiger partial charge on any atom is 0.198 e. The van der Waals surface area contributed by atoms with E-state index in [0.29, 0.717) is 6.61 Å². The highest BCUT2D eigenvalue weighted by Gasteiger charge is 2.35. The Morgan fingerprint density at radius 2 is 1.50 bits per heavy atom. The summed E-state index contributed by atoms with van der Waals surface area (Å²) in [7, 11) is 0. The van der Waals surface area contributed by atoms with Gasteiger partial charge in [0.05, 0.1) is 17.7 Å². The first-order chi connectivity index (χ1) is 12.6. The fourth-order valence-corrected chi connectivity index (χ4v) is 3.62. The number of ketones is 2. The molecule has 6 heteroatoms. The molecule has 136 valence electrons. The molecule has 0 spiro atoms. The number of benzene rings is 2. The molecule has 0 heterocycles. The predicted octanol–water partition coefficient (Wildman–Crippen LogP) is 4.25. The minimum absolute atomic E-state index is 0.0238. The molecule has 0 unspecified atom stereocenters. The number of fused-ring (bicyclic) bond motifs is 2. The molecule has 26 heavy (non-hydrogen) atoms. The van der Waals surface area contributed by atoms with Crippen LogP contribution in [0.2, 0.25) is 0 Å². The van der Waals surface area contributed by atoms with Crippen molar-refractivity contribution in [2.75, 3.05) is 11.0 Å². The highest BCUT2D eigenvalue weighted by molar-refractivity contribution is 14.1. The van der Waals surface area contributed by atoms with Gasteiger partial charge in [0.15, 0.2) is 23.1 Å². The molecule has 3 rings (SSSR count). The molecule has 1 aliphatic carbocycles. The Morgan fingerprint density at radius 1 is 0.885 bits per heavy atom. The molecular weight excluding hydrogens is 447 g/mol. The number of rotatable bonds is 7. The van der Waals surface area contributed by atoms with Gasteiger partial charge in [-0.3, -0.25) is 9.59 Å². The summed E-state index contributed by atoms with van der Waals surface area (Å²) in [5.74, 6) is -1.69. The number of carbonyl (C=O) groups excluding carboxylic acids is 2.